The van der Waals surface area contributed by atoms with E-state index in [-0.39, 0.29) is 60.3 Å². The first-order valence-electron chi connectivity index (χ1n) is 14.6. The van der Waals surface area contributed by atoms with E-state index < -0.39 is 47.8 Å². The molecule has 12 unspecified atom stereocenters. The van der Waals surface area contributed by atoms with Crippen LogP contribution >= 0.6 is 23.2 Å². The Morgan fingerprint density at radius 3 is 1.23 bits per heavy atom. The average molecular weight is 606 g/mol. The summed E-state index contributed by atoms with van der Waals surface area (Å²) in [5.41, 5.74) is 0. The minimum atomic E-state index is -1.02. The molecule has 0 aromatic heterocycles. The number of carboxylic acids is 2. The van der Waals surface area contributed by atoms with Crippen LogP contribution in [0.1, 0.15) is 77.0 Å². The number of halogens is 2. The Balaban J connectivity index is 1.26. The molecule has 2 amide bonds. The van der Waals surface area contributed by atoms with Crippen LogP contribution in [0.3, 0.4) is 0 Å². The fourth-order valence-electron chi connectivity index (χ4n) is 7.52. The number of aliphatic hydroxyl groups excluding tert-OH is 2. The van der Waals surface area contributed by atoms with E-state index in [0.717, 1.165) is 12.8 Å². The summed E-state index contributed by atoms with van der Waals surface area (Å²) in [4.78, 5) is 49.2. The van der Waals surface area contributed by atoms with Crippen molar-refractivity contribution in [1.29, 1.82) is 0 Å². The zero-order chi connectivity index (χ0) is 29.1. The first-order valence-corrected chi connectivity index (χ1v) is 15.5. The van der Waals surface area contributed by atoms with Gasteiger partial charge in [-0.15, -0.1) is 23.2 Å². The maximum absolute atomic E-state index is 13.0. The fourth-order valence-corrected chi connectivity index (χ4v) is 8.36. The van der Waals surface area contributed by atoms with Gasteiger partial charge in [-0.3, -0.25) is 19.2 Å². The average Bonchev–Trinajstić information content (AvgIpc) is 2.90. The number of aliphatic hydroxyl groups is 2. The van der Waals surface area contributed by atoms with Crippen LogP contribution in [-0.2, 0) is 19.2 Å². The number of carbonyl (C=O) groups excluding carboxylic acids is 2. The Kier molecular flexibility index (Phi) is 10.6. The van der Waals surface area contributed by atoms with Gasteiger partial charge in [0, 0.05) is 12.1 Å². The lowest BCUT2D eigenvalue weighted by atomic mass is 9.71. The summed E-state index contributed by atoms with van der Waals surface area (Å²) >= 11 is 13.5. The van der Waals surface area contributed by atoms with E-state index in [4.69, 9.17) is 23.2 Å². The summed E-state index contributed by atoms with van der Waals surface area (Å²) < 4.78 is 0. The highest BCUT2D eigenvalue weighted by molar-refractivity contribution is 6.21. The summed E-state index contributed by atoms with van der Waals surface area (Å²) in [6, 6.07) is -0.538. The zero-order valence-corrected chi connectivity index (χ0v) is 24.1. The highest BCUT2D eigenvalue weighted by atomic mass is 35.5. The molecule has 40 heavy (non-hydrogen) atoms. The summed E-state index contributed by atoms with van der Waals surface area (Å²) in [5, 5.41) is 44.4. The smallest absolute Gasteiger partial charge is 0.307 e. The van der Waals surface area contributed by atoms with Crippen LogP contribution in [0.15, 0.2) is 0 Å². The van der Waals surface area contributed by atoms with Crippen molar-refractivity contribution in [1.82, 2.24) is 10.6 Å². The third-order valence-corrected chi connectivity index (χ3v) is 10.9. The monoisotopic (exact) mass is 604 g/mol. The van der Waals surface area contributed by atoms with Gasteiger partial charge >= 0.3 is 11.9 Å². The minimum absolute atomic E-state index is 0.139. The van der Waals surface area contributed by atoms with E-state index in [2.05, 4.69) is 10.6 Å². The molecule has 0 bridgehead atoms. The fraction of sp³-hybridized carbons (Fsp3) is 0.857. The number of amides is 2. The van der Waals surface area contributed by atoms with Crippen molar-refractivity contribution in [3.05, 3.63) is 0 Å². The van der Waals surface area contributed by atoms with Gasteiger partial charge in [0.2, 0.25) is 11.8 Å². The molecule has 4 aliphatic rings. The molecule has 0 saturated heterocycles. The highest BCUT2D eigenvalue weighted by Gasteiger charge is 2.44. The van der Waals surface area contributed by atoms with Gasteiger partial charge < -0.3 is 31.1 Å². The standard InChI is InChI=1S/C28H42Cl2N2O8/c29-21-9-13(1-7-23(21)31-25(35)19-11-15(33)3-5-17(19)27(37)38)14-2-8-24(22(30)10-14)32-26(36)20-12-16(34)4-6-18(20)28(39)40/h13-24,33-34H,1-12H2,(H,31,35)(H,32,36)(H,37,38)(H,39,40). The SMILES string of the molecule is O=C(O)C1CCC(O)CC1C(=O)NC1CCC(C2CCC(NC(=O)C3CC(O)CCC3C(=O)O)C(Cl)C2)CC1Cl. The van der Waals surface area contributed by atoms with Crippen molar-refractivity contribution in [3.8, 4) is 0 Å². The number of aliphatic carboxylic acids is 2. The van der Waals surface area contributed by atoms with Gasteiger partial charge in [0.05, 0.1) is 46.6 Å². The van der Waals surface area contributed by atoms with Crippen molar-refractivity contribution in [3.63, 3.8) is 0 Å². The molecule has 0 aromatic rings. The number of alkyl halides is 2. The number of carbonyl (C=O) groups is 4. The van der Waals surface area contributed by atoms with Crippen LogP contribution in [0, 0.1) is 35.5 Å². The van der Waals surface area contributed by atoms with Crippen LogP contribution in [0.5, 0.6) is 0 Å². The molecule has 4 rings (SSSR count). The van der Waals surface area contributed by atoms with E-state index in [1.807, 2.05) is 0 Å². The van der Waals surface area contributed by atoms with Gasteiger partial charge in [-0.1, -0.05) is 0 Å². The number of carboxylic acid groups (broad SMARTS) is 2. The third-order valence-electron chi connectivity index (χ3n) is 9.90. The van der Waals surface area contributed by atoms with Gasteiger partial charge in [0.25, 0.3) is 0 Å². The summed E-state index contributed by atoms with van der Waals surface area (Å²) in [5.74, 6) is -5.27. The van der Waals surface area contributed by atoms with Crippen LogP contribution in [0.2, 0.25) is 0 Å². The Morgan fingerprint density at radius 2 is 0.900 bits per heavy atom. The predicted molar refractivity (Wildman–Crippen MR) is 147 cm³/mol. The summed E-state index contributed by atoms with van der Waals surface area (Å²) in [6.07, 6.45) is 4.63. The normalized spacial score (nSPS) is 42.4. The molecule has 226 valence electrons. The van der Waals surface area contributed by atoms with Gasteiger partial charge in [-0.05, 0) is 88.9 Å². The summed E-state index contributed by atoms with van der Waals surface area (Å²) in [7, 11) is 0. The van der Waals surface area contributed by atoms with Crippen molar-refractivity contribution in [2.75, 3.05) is 0 Å². The maximum Gasteiger partial charge on any atom is 0.307 e. The Hall–Kier alpha value is -1.62. The van der Waals surface area contributed by atoms with E-state index in [1.54, 1.807) is 0 Å². The molecular formula is C28H42Cl2N2O8. The minimum Gasteiger partial charge on any atom is -0.481 e. The van der Waals surface area contributed by atoms with Crippen molar-refractivity contribution < 1.29 is 39.6 Å². The molecule has 4 saturated carbocycles. The molecule has 4 aliphatic carbocycles. The molecule has 0 aliphatic heterocycles. The molecule has 4 fully saturated rings. The van der Waals surface area contributed by atoms with Gasteiger partial charge in [0.1, 0.15) is 0 Å². The largest absolute Gasteiger partial charge is 0.481 e. The molecule has 0 spiro atoms. The molecular weight excluding hydrogens is 563 g/mol. The number of hydrogen-bond donors (Lipinski definition) is 6. The number of rotatable bonds is 7. The predicted octanol–water partition coefficient (Wildman–Crippen LogP) is 2.49. The van der Waals surface area contributed by atoms with Crippen molar-refractivity contribution in [2.45, 2.75) is 112 Å². The Labute approximate surface area is 244 Å². The Bertz CT molecular complexity index is 879. The molecule has 6 N–H and O–H groups in total. The van der Waals surface area contributed by atoms with Gasteiger partial charge in [-0.2, -0.15) is 0 Å². The molecule has 0 heterocycles. The lowest BCUT2D eigenvalue weighted by molar-refractivity contribution is -0.151. The molecule has 0 aromatic carbocycles. The van der Waals surface area contributed by atoms with Gasteiger partial charge in [-0.25, -0.2) is 0 Å². The Morgan fingerprint density at radius 1 is 0.525 bits per heavy atom. The zero-order valence-electron chi connectivity index (χ0n) is 22.6. The second-order valence-electron chi connectivity index (χ2n) is 12.4. The lowest BCUT2D eigenvalue weighted by Gasteiger charge is -2.42. The van der Waals surface area contributed by atoms with Crippen LogP contribution in [0.25, 0.3) is 0 Å². The molecule has 0 radical (unpaired) electrons. The number of nitrogens with one attached hydrogen (secondary N) is 2. The lowest BCUT2D eigenvalue weighted by Crippen LogP contribution is -2.52. The molecule has 10 nitrogen and oxygen atoms in total. The molecule has 12 atom stereocenters. The van der Waals surface area contributed by atoms with E-state index in [0.29, 0.717) is 50.4 Å². The number of hydrogen-bond acceptors (Lipinski definition) is 6. The van der Waals surface area contributed by atoms with E-state index in [1.165, 1.54) is 0 Å². The van der Waals surface area contributed by atoms with Crippen LogP contribution < -0.4 is 10.6 Å². The van der Waals surface area contributed by atoms with Crippen LogP contribution in [0.4, 0.5) is 0 Å². The van der Waals surface area contributed by atoms with Crippen molar-refractivity contribution >= 4 is 47.0 Å². The first-order chi connectivity index (χ1) is 18.9. The van der Waals surface area contributed by atoms with E-state index in [9.17, 15) is 39.6 Å². The van der Waals surface area contributed by atoms with Crippen LogP contribution in [-0.4, -0.2) is 79.2 Å². The topological polar surface area (TPSA) is 173 Å². The van der Waals surface area contributed by atoms with Gasteiger partial charge in [0.15, 0.2) is 0 Å². The molecule has 12 heteroatoms. The third kappa shape index (κ3) is 7.41. The maximum atomic E-state index is 13.0. The highest BCUT2D eigenvalue weighted by Crippen LogP contribution is 2.42. The van der Waals surface area contributed by atoms with E-state index >= 15 is 0 Å². The van der Waals surface area contributed by atoms with Crippen molar-refractivity contribution in [2.24, 2.45) is 35.5 Å². The summed E-state index contributed by atoms with van der Waals surface area (Å²) in [6.45, 7) is 0. The first kappa shape index (κ1) is 31.3. The second kappa shape index (κ2) is 13.6. The quantitative estimate of drug-likeness (QED) is 0.240. The second-order valence-corrected chi connectivity index (χ2v) is 13.6.